The number of rotatable bonds is 2. The standard InChI is InChI=1S/C12H17N3/c1-8(2)11-12(9(3)4)15-7-13-6-5-10(15)14-11/h5-9H,1-4H3. The quantitative estimate of drug-likeness (QED) is 0.751. The van der Waals surface area contributed by atoms with E-state index in [4.69, 9.17) is 0 Å². The molecule has 3 heteroatoms. The fourth-order valence-corrected chi connectivity index (χ4v) is 1.93. The van der Waals surface area contributed by atoms with Crippen molar-refractivity contribution in [2.24, 2.45) is 0 Å². The van der Waals surface area contributed by atoms with Gasteiger partial charge in [-0.15, -0.1) is 0 Å². The van der Waals surface area contributed by atoms with E-state index in [9.17, 15) is 0 Å². The van der Waals surface area contributed by atoms with Gasteiger partial charge in [0.2, 0.25) is 0 Å². The predicted octanol–water partition coefficient (Wildman–Crippen LogP) is 2.98. The van der Waals surface area contributed by atoms with E-state index < -0.39 is 0 Å². The maximum Gasteiger partial charge on any atom is 0.139 e. The van der Waals surface area contributed by atoms with Crippen molar-refractivity contribution in [3.05, 3.63) is 30.0 Å². The van der Waals surface area contributed by atoms with Gasteiger partial charge in [0, 0.05) is 11.9 Å². The van der Waals surface area contributed by atoms with Crippen molar-refractivity contribution in [2.45, 2.75) is 39.5 Å². The second-order valence-corrected chi connectivity index (χ2v) is 4.50. The van der Waals surface area contributed by atoms with E-state index in [1.54, 1.807) is 6.20 Å². The fourth-order valence-electron chi connectivity index (χ4n) is 1.93. The first-order chi connectivity index (χ1) is 7.11. The molecule has 15 heavy (non-hydrogen) atoms. The minimum Gasteiger partial charge on any atom is -0.287 e. The largest absolute Gasteiger partial charge is 0.287 e. The summed E-state index contributed by atoms with van der Waals surface area (Å²) in [4.78, 5) is 8.81. The Kier molecular flexibility index (Phi) is 2.47. The third kappa shape index (κ3) is 1.62. The lowest BCUT2D eigenvalue weighted by molar-refractivity contribution is 0.742. The first-order valence-corrected chi connectivity index (χ1v) is 5.43. The van der Waals surface area contributed by atoms with E-state index >= 15 is 0 Å². The lowest BCUT2D eigenvalue weighted by Gasteiger charge is -2.09. The smallest absolute Gasteiger partial charge is 0.139 e. The maximum absolute atomic E-state index is 4.66. The van der Waals surface area contributed by atoms with Crippen molar-refractivity contribution in [3.8, 4) is 0 Å². The number of aromatic nitrogens is 3. The molecule has 80 valence electrons. The van der Waals surface area contributed by atoms with E-state index in [2.05, 4.69) is 42.1 Å². The van der Waals surface area contributed by atoms with Gasteiger partial charge in [-0.1, -0.05) is 27.7 Å². The molecule has 0 unspecified atom stereocenters. The second kappa shape index (κ2) is 3.65. The highest BCUT2D eigenvalue weighted by Gasteiger charge is 2.17. The van der Waals surface area contributed by atoms with Crippen LogP contribution in [0.5, 0.6) is 0 Å². The minimum absolute atomic E-state index is 0.460. The normalized spacial score (nSPS) is 11.9. The van der Waals surface area contributed by atoms with Crippen LogP contribution in [0.25, 0.3) is 5.65 Å². The molecule has 0 N–H and O–H groups in total. The van der Waals surface area contributed by atoms with Crippen LogP contribution in [-0.2, 0) is 0 Å². The molecule has 0 spiro atoms. The molecule has 0 fully saturated rings. The van der Waals surface area contributed by atoms with Gasteiger partial charge in [0.25, 0.3) is 0 Å². The molecule has 2 aromatic rings. The highest BCUT2D eigenvalue weighted by molar-refractivity contribution is 5.43. The summed E-state index contributed by atoms with van der Waals surface area (Å²) in [6.45, 7) is 8.76. The Morgan fingerprint density at radius 1 is 1.13 bits per heavy atom. The number of imidazole rings is 1. The molecule has 0 aromatic carbocycles. The Morgan fingerprint density at radius 3 is 2.47 bits per heavy atom. The summed E-state index contributed by atoms with van der Waals surface area (Å²) < 4.78 is 2.10. The zero-order valence-electron chi connectivity index (χ0n) is 9.73. The highest BCUT2D eigenvalue weighted by atomic mass is 15.1. The average molecular weight is 203 g/mol. The summed E-state index contributed by atoms with van der Waals surface area (Å²) in [6, 6.07) is 1.96. The molecule has 2 heterocycles. The first kappa shape index (κ1) is 10.1. The summed E-state index contributed by atoms with van der Waals surface area (Å²) in [5.74, 6) is 0.934. The van der Waals surface area contributed by atoms with Crippen LogP contribution < -0.4 is 0 Å². The molecule has 3 nitrogen and oxygen atoms in total. The zero-order valence-corrected chi connectivity index (χ0v) is 9.73. The monoisotopic (exact) mass is 203 g/mol. The first-order valence-electron chi connectivity index (χ1n) is 5.43. The number of hydrogen-bond donors (Lipinski definition) is 0. The molecule has 0 atom stereocenters. The Balaban J connectivity index is 2.75. The van der Waals surface area contributed by atoms with Gasteiger partial charge in [-0.25, -0.2) is 9.97 Å². The van der Waals surface area contributed by atoms with Crippen molar-refractivity contribution in [1.29, 1.82) is 0 Å². The Morgan fingerprint density at radius 2 is 1.87 bits per heavy atom. The predicted molar refractivity (Wildman–Crippen MR) is 61.2 cm³/mol. The summed E-state index contributed by atoms with van der Waals surface area (Å²) in [6.07, 6.45) is 3.64. The van der Waals surface area contributed by atoms with Gasteiger partial charge >= 0.3 is 0 Å². The molecular formula is C12H17N3. The van der Waals surface area contributed by atoms with Crippen molar-refractivity contribution in [1.82, 2.24) is 14.4 Å². The number of nitrogens with zero attached hydrogens (tertiary/aromatic N) is 3. The highest BCUT2D eigenvalue weighted by Crippen LogP contribution is 2.26. The minimum atomic E-state index is 0.460. The van der Waals surface area contributed by atoms with E-state index in [0.29, 0.717) is 11.8 Å². The van der Waals surface area contributed by atoms with Gasteiger partial charge in [-0.3, -0.25) is 4.40 Å². The molecule has 0 radical (unpaired) electrons. The van der Waals surface area contributed by atoms with E-state index in [-0.39, 0.29) is 0 Å². The zero-order chi connectivity index (χ0) is 11.0. The molecular weight excluding hydrogens is 186 g/mol. The summed E-state index contributed by atoms with van der Waals surface area (Å²) in [5, 5.41) is 0. The van der Waals surface area contributed by atoms with E-state index in [1.807, 2.05) is 12.4 Å². The van der Waals surface area contributed by atoms with Gasteiger partial charge in [-0.2, -0.15) is 0 Å². The van der Waals surface area contributed by atoms with Crippen LogP contribution in [0.15, 0.2) is 18.6 Å². The van der Waals surface area contributed by atoms with E-state index in [1.165, 1.54) is 11.4 Å². The third-order valence-electron chi connectivity index (χ3n) is 2.59. The molecule has 0 saturated carbocycles. The van der Waals surface area contributed by atoms with Gasteiger partial charge in [-0.05, 0) is 17.9 Å². The van der Waals surface area contributed by atoms with Crippen LogP contribution in [0.2, 0.25) is 0 Å². The third-order valence-corrected chi connectivity index (χ3v) is 2.59. The van der Waals surface area contributed by atoms with Gasteiger partial charge in [0.1, 0.15) is 12.0 Å². The molecule has 0 aliphatic rings. The summed E-state index contributed by atoms with van der Waals surface area (Å²) in [7, 11) is 0. The van der Waals surface area contributed by atoms with Crippen LogP contribution >= 0.6 is 0 Å². The molecule has 0 aliphatic heterocycles. The number of fused-ring (bicyclic) bond motifs is 1. The summed E-state index contributed by atoms with van der Waals surface area (Å²) in [5.41, 5.74) is 3.48. The Hall–Kier alpha value is -1.38. The van der Waals surface area contributed by atoms with Gasteiger partial charge in [0.15, 0.2) is 0 Å². The lowest BCUT2D eigenvalue weighted by Crippen LogP contribution is -2.00. The Labute approximate surface area is 90.2 Å². The van der Waals surface area contributed by atoms with Crippen molar-refractivity contribution < 1.29 is 0 Å². The van der Waals surface area contributed by atoms with E-state index in [0.717, 1.165) is 5.65 Å². The molecule has 2 rings (SSSR count). The van der Waals surface area contributed by atoms with Crippen molar-refractivity contribution in [2.75, 3.05) is 0 Å². The van der Waals surface area contributed by atoms with Crippen LogP contribution in [-0.4, -0.2) is 14.4 Å². The SMILES string of the molecule is CC(C)c1nc2ccncn2c1C(C)C. The topological polar surface area (TPSA) is 30.2 Å². The summed E-state index contributed by atoms with van der Waals surface area (Å²) >= 11 is 0. The molecule has 2 aromatic heterocycles. The van der Waals surface area contributed by atoms with Gasteiger partial charge in [0.05, 0.1) is 5.69 Å². The second-order valence-electron chi connectivity index (χ2n) is 4.50. The molecule has 0 saturated heterocycles. The molecule has 0 aliphatic carbocycles. The fraction of sp³-hybridized carbons (Fsp3) is 0.500. The van der Waals surface area contributed by atoms with Crippen LogP contribution in [0.3, 0.4) is 0 Å². The van der Waals surface area contributed by atoms with Crippen LogP contribution in [0.1, 0.15) is 50.9 Å². The van der Waals surface area contributed by atoms with Crippen molar-refractivity contribution in [3.63, 3.8) is 0 Å². The maximum atomic E-state index is 4.66. The lowest BCUT2D eigenvalue weighted by atomic mass is 10.0. The van der Waals surface area contributed by atoms with Crippen molar-refractivity contribution >= 4 is 5.65 Å². The average Bonchev–Trinajstić information content (AvgIpc) is 2.56. The number of hydrogen-bond acceptors (Lipinski definition) is 2. The Bertz CT molecular complexity index is 469. The van der Waals surface area contributed by atoms with Gasteiger partial charge < -0.3 is 0 Å². The van der Waals surface area contributed by atoms with Crippen LogP contribution in [0.4, 0.5) is 0 Å². The molecule has 0 bridgehead atoms. The molecule has 0 amide bonds. The van der Waals surface area contributed by atoms with Crippen LogP contribution in [0, 0.1) is 0 Å².